The van der Waals surface area contributed by atoms with Gasteiger partial charge < -0.3 is 0 Å². The maximum atomic E-state index is 12.2. The van der Waals surface area contributed by atoms with Gasteiger partial charge in [0.15, 0.2) is 5.78 Å². The Hall–Kier alpha value is -1.32. The monoisotopic (exact) mass is 282 g/mol. The van der Waals surface area contributed by atoms with Crippen LogP contribution >= 0.6 is 23.2 Å². The molecule has 0 N–H and O–H groups in total. The Bertz CT molecular complexity index is 556. The van der Waals surface area contributed by atoms with Crippen LogP contribution in [0.1, 0.15) is 29.0 Å². The molecule has 0 aliphatic rings. The highest BCUT2D eigenvalue weighted by atomic mass is 35.5. The number of aryl methyl sites for hydroxylation is 1. The number of benzene rings is 1. The van der Waals surface area contributed by atoms with E-state index >= 15 is 0 Å². The topological polar surface area (TPSA) is 34.9 Å². The average Bonchev–Trinajstić information content (AvgIpc) is 2.69. The molecule has 1 atom stereocenters. The molecule has 0 aliphatic carbocycles. The molecule has 0 fully saturated rings. The summed E-state index contributed by atoms with van der Waals surface area (Å²) in [7, 11) is 0. The first-order valence-corrected chi connectivity index (χ1v) is 6.25. The van der Waals surface area contributed by atoms with E-state index in [2.05, 4.69) is 5.10 Å². The molecule has 2 aromatic rings. The van der Waals surface area contributed by atoms with Crippen molar-refractivity contribution in [1.29, 1.82) is 0 Å². The minimum Gasteiger partial charge on any atom is -0.292 e. The van der Waals surface area contributed by atoms with Crippen LogP contribution in [-0.4, -0.2) is 15.6 Å². The second-order valence-electron chi connectivity index (χ2n) is 4.09. The van der Waals surface area contributed by atoms with Gasteiger partial charge in [-0.3, -0.25) is 9.48 Å². The molecule has 0 radical (unpaired) electrons. The normalized spacial score (nSPS) is 12.4. The Labute approximate surface area is 115 Å². The fraction of sp³-hybridized carbons (Fsp3) is 0.231. The van der Waals surface area contributed by atoms with Gasteiger partial charge >= 0.3 is 0 Å². The van der Waals surface area contributed by atoms with Crippen molar-refractivity contribution in [2.45, 2.75) is 19.9 Å². The van der Waals surface area contributed by atoms with E-state index < -0.39 is 6.04 Å². The Morgan fingerprint density at radius 1 is 1.28 bits per heavy atom. The number of rotatable bonds is 3. The van der Waals surface area contributed by atoms with Crippen LogP contribution in [0.25, 0.3) is 0 Å². The molecule has 1 aromatic heterocycles. The van der Waals surface area contributed by atoms with Crippen LogP contribution < -0.4 is 0 Å². The summed E-state index contributed by atoms with van der Waals surface area (Å²) in [5.41, 5.74) is 1.32. The number of ketones is 1. The predicted molar refractivity (Wildman–Crippen MR) is 72.5 cm³/mol. The van der Waals surface area contributed by atoms with Crippen LogP contribution in [0.2, 0.25) is 10.0 Å². The second kappa shape index (κ2) is 5.12. The second-order valence-corrected chi connectivity index (χ2v) is 4.93. The molecule has 0 saturated heterocycles. The van der Waals surface area contributed by atoms with Gasteiger partial charge in [-0.1, -0.05) is 23.2 Å². The number of Topliss-reactive ketones (excluding diaryl/α,β-unsaturated/α-hetero) is 1. The first kappa shape index (κ1) is 13.1. The standard InChI is InChI=1S/C13H12Cl2N2O/c1-8-12(15)7-17(16-8)9(2)13(18)10-3-5-11(14)6-4-10/h3-7,9H,1-2H3. The number of aromatic nitrogens is 2. The van der Waals surface area contributed by atoms with Crippen molar-refractivity contribution in [3.8, 4) is 0 Å². The van der Waals surface area contributed by atoms with Gasteiger partial charge in [0.2, 0.25) is 0 Å². The summed E-state index contributed by atoms with van der Waals surface area (Å²) in [5.74, 6) is -0.0224. The van der Waals surface area contributed by atoms with Crippen LogP contribution in [0.5, 0.6) is 0 Å². The molecule has 3 nitrogen and oxygen atoms in total. The summed E-state index contributed by atoms with van der Waals surface area (Å²) in [5, 5.41) is 5.38. The highest BCUT2D eigenvalue weighted by Gasteiger charge is 2.18. The molecule has 0 amide bonds. The van der Waals surface area contributed by atoms with Gasteiger partial charge in [0.25, 0.3) is 0 Å². The van der Waals surface area contributed by atoms with Crippen molar-refractivity contribution in [1.82, 2.24) is 9.78 Å². The van der Waals surface area contributed by atoms with Gasteiger partial charge in [0, 0.05) is 16.8 Å². The lowest BCUT2D eigenvalue weighted by Crippen LogP contribution is -2.17. The Morgan fingerprint density at radius 3 is 2.39 bits per heavy atom. The van der Waals surface area contributed by atoms with Crippen LogP contribution in [0.15, 0.2) is 30.5 Å². The van der Waals surface area contributed by atoms with Crippen LogP contribution in [0.3, 0.4) is 0 Å². The van der Waals surface area contributed by atoms with Crippen LogP contribution in [0.4, 0.5) is 0 Å². The Balaban J connectivity index is 2.26. The van der Waals surface area contributed by atoms with E-state index in [4.69, 9.17) is 23.2 Å². The third kappa shape index (κ3) is 2.57. The molecule has 94 valence electrons. The Kier molecular flexibility index (Phi) is 3.73. The third-order valence-electron chi connectivity index (χ3n) is 2.76. The molecule has 0 bridgehead atoms. The van der Waals surface area contributed by atoms with E-state index in [1.54, 1.807) is 49.0 Å². The number of halogens is 2. The van der Waals surface area contributed by atoms with Crippen LogP contribution in [0, 0.1) is 6.92 Å². The summed E-state index contributed by atoms with van der Waals surface area (Å²) in [6.07, 6.45) is 1.66. The average molecular weight is 283 g/mol. The van der Waals surface area contributed by atoms with Crippen LogP contribution in [-0.2, 0) is 0 Å². The molecular formula is C13H12Cl2N2O. The number of hydrogen-bond acceptors (Lipinski definition) is 2. The van der Waals surface area contributed by atoms with Crippen molar-refractivity contribution in [2.75, 3.05) is 0 Å². The first-order valence-electron chi connectivity index (χ1n) is 5.50. The van der Waals surface area contributed by atoms with Crippen molar-refractivity contribution < 1.29 is 4.79 Å². The summed E-state index contributed by atoms with van der Waals surface area (Å²) in [6.45, 7) is 3.60. The number of carbonyl (C=O) groups is 1. The molecule has 1 heterocycles. The molecule has 18 heavy (non-hydrogen) atoms. The van der Waals surface area contributed by atoms with Crippen molar-refractivity contribution >= 4 is 29.0 Å². The lowest BCUT2D eigenvalue weighted by molar-refractivity contribution is 0.0928. The van der Waals surface area contributed by atoms with E-state index in [9.17, 15) is 4.79 Å². The van der Waals surface area contributed by atoms with Gasteiger partial charge in [-0.15, -0.1) is 0 Å². The zero-order valence-corrected chi connectivity index (χ0v) is 11.5. The molecule has 1 aromatic carbocycles. The zero-order chi connectivity index (χ0) is 13.3. The molecule has 0 aliphatic heterocycles. The lowest BCUT2D eigenvalue weighted by Gasteiger charge is -2.11. The third-order valence-corrected chi connectivity index (χ3v) is 3.38. The van der Waals surface area contributed by atoms with Gasteiger partial charge in [-0.25, -0.2) is 0 Å². The van der Waals surface area contributed by atoms with E-state index in [0.29, 0.717) is 21.3 Å². The highest BCUT2D eigenvalue weighted by Crippen LogP contribution is 2.19. The number of carbonyl (C=O) groups excluding carboxylic acids is 1. The SMILES string of the molecule is Cc1nn(C(C)C(=O)c2ccc(Cl)cc2)cc1Cl. The maximum Gasteiger partial charge on any atom is 0.187 e. The van der Waals surface area contributed by atoms with Gasteiger partial charge in [-0.05, 0) is 38.1 Å². The predicted octanol–water partition coefficient (Wildman–Crippen LogP) is 3.94. The van der Waals surface area contributed by atoms with E-state index in [0.717, 1.165) is 0 Å². The maximum absolute atomic E-state index is 12.2. The molecular weight excluding hydrogens is 271 g/mol. The highest BCUT2D eigenvalue weighted by molar-refractivity contribution is 6.31. The number of hydrogen-bond donors (Lipinski definition) is 0. The summed E-state index contributed by atoms with van der Waals surface area (Å²) in [4.78, 5) is 12.2. The van der Waals surface area contributed by atoms with E-state index in [1.165, 1.54) is 0 Å². The van der Waals surface area contributed by atoms with E-state index in [1.807, 2.05) is 0 Å². The minimum absolute atomic E-state index is 0.0224. The molecule has 5 heteroatoms. The van der Waals surface area contributed by atoms with Gasteiger partial charge in [0.1, 0.15) is 6.04 Å². The Morgan fingerprint density at radius 2 is 1.89 bits per heavy atom. The molecule has 1 unspecified atom stereocenters. The first-order chi connectivity index (χ1) is 8.49. The number of nitrogens with zero attached hydrogens (tertiary/aromatic N) is 2. The summed E-state index contributed by atoms with van der Waals surface area (Å²) < 4.78 is 1.58. The largest absolute Gasteiger partial charge is 0.292 e. The minimum atomic E-state index is -0.391. The fourth-order valence-electron chi connectivity index (χ4n) is 1.63. The van der Waals surface area contributed by atoms with Crippen molar-refractivity contribution in [3.05, 3.63) is 51.8 Å². The van der Waals surface area contributed by atoms with E-state index in [-0.39, 0.29) is 5.78 Å². The molecule has 0 saturated carbocycles. The molecule has 2 rings (SSSR count). The quantitative estimate of drug-likeness (QED) is 0.800. The van der Waals surface area contributed by atoms with Crippen molar-refractivity contribution in [2.24, 2.45) is 0 Å². The van der Waals surface area contributed by atoms with Crippen molar-refractivity contribution in [3.63, 3.8) is 0 Å². The van der Waals surface area contributed by atoms with Gasteiger partial charge in [0.05, 0.1) is 10.7 Å². The van der Waals surface area contributed by atoms with Gasteiger partial charge in [-0.2, -0.15) is 5.10 Å². The fourth-order valence-corrected chi connectivity index (χ4v) is 1.90. The molecule has 0 spiro atoms. The smallest absolute Gasteiger partial charge is 0.187 e. The summed E-state index contributed by atoms with van der Waals surface area (Å²) >= 11 is 11.7. The summed E-state index contributed by atoms with van der Waals surface area (Å²) in [6, 6.07) is 6.42. The lowest BCUT2D eigenvalue weighted by atomic mass is 10.1. The zero-order valence-electron chi connectivity index (χ0n) is 10.0.